The minimum atomic E-state index is -6.04. The zero-order valence-electron chi connectivity index (χ0n) is 16.9. The van der Waals surface area contributed by atoms with E-state index in [2.05, 4.69) is 24.0 Å². The molecule has 1 aliphatic heterocycles. The Labute approximate surface area is 184 Å². The number of ether oxygens (including phenoxy) is 1. The van der Waals surface area contributed by atoms with Crippen LogP contribution in [-0.4, -0.2) is 63.5 Å². The molecule has 0 bridgehead atoms. The van der Waals surface area contributed by atoms with Crippen molar-refractivity contribution in [2.75, 3.05) is 6.56 Å². The Morgan fingerprint density at radius 3 is 2.47 bits per heavy atom. The SMILES string of the molecule is [2H]C([2H])(OP(=O)(O)OP(=O)(O)OP(=O)(O)O)[C@H]1O[C@@H](n2cnc(=O)[nH]c2=O)C(N)(C#CCl)[C@H]1O. The third kappa shape index (κ3) is 6.64. The van der Waals surface area contributed by atoms with Crippen molar-refractivity contribution in [2.24, 2.45) is 5.73 Å². The van der Waals surface area contributed by atoms with Gasteiger partial charge in [0.2, 0.25) is 0 Å². The smallest absolute Gasteiger partial charge is 0.387 e. The molecule has 2 heterocycles. The van der Waals surface area contributed by atoms with Crippen LogP contribution in [0.2, 0.25) is 0 Å². The molecule has 8 N–H and O–H groups in total. The van der Waals surface area contributed by atoms with Gasteiger partial charge in [-0.1, -0.05) is 5.92 Å². The number of phosphoric ester groups is 1. The summed E-state index contributed by atoms with van der Waals surface area (Å²) in [5, 5.41) is 12.3. The average Bonchev–Trinajstić information content (AvgIpc) is 2.83. The lowest BCUT2D eigenvalue weighted by atomic mass is 9.92. The van der Waals surface area contributed by atoms with E-state index in [1.807, 2.05) is 0 Å². The first-order valence-electron chi connectivity index (χ1n) is 8.50. The Morgan fingerprint density at radius 2 is 1.94 bits per heavy atom. The van der Waals surface area contributed by atoms with Crippen molar-refractivity contribution in [1.29, 1.82) is 0 Å². The molecular weight excluding hydrogens is 528 g/mol. The Morgan fingerprint density at radius 1 is 1.31 bits per heavy atom. The first kappa shape index (κ1) is 23.9. The van der Waals surface area contributed by atoms with Crippen LogP contribution >= 0.6 is 35.1 Å². The fraction of sp³-hybridized carbons (Fsp3) is 0.500. The van der Waals surface area contributed by atoms with Gasteiger partial charge in [-0.3, -0.25) is 14.1 Å². The zero-order chi connectivity index (χ0) is 26.3. The summed E-state index contributed by atoms with van der Waals surface area (Å²) in [5.41, 5.74) is 1.19. The summed E-state index contributed by atoms with van der Waals surface area (Å²) >= 11 is 5.31. The van der Waals surface area contributed by atoms with E-state index < -0.39 is 65.4 Å². The van der Waals surface area contributed by atoms with Crippen LogP contribution in [-0.2, 0) is 31.6 Å². The average molecular weight is 545 g/mol. The summed E-state index contributed by atoms with van der Waals surface area (Å²) in [6.07, 6.45) is -6.08. The van der Waals surface area contributed by atoms with Gasteiger partial charge < -0.3 is 35.2 Å². The molecule has 6 atom stereocenters. The highest BCUT2D eigenvalue weighted by Crippen LogP contribution is 2.66. The summed E-state index contributed by atoms with van der Waals surface area (Å²) < 4.78 is 66.4. The first-order valence-corrected chi connectivity index (χ1v) is 12.4. The maximum Gasteiger partial charge on any atom is 0.490 e. The van der Waals surface area contributed by atoms with E-state index in [4.69, 9.17) is 34.6 Å². The first-order chi connectivity index (χ1) is 15.2. The van der Waals surface area contributed by atoms with Gasteiger partial charge in [-0.15, -0.1) is 0 Å². The number of hydrogen-bond acceptors (Lipinski definition) is 12. The summed E-state index contributed by atoms with van der Waals surface area (Å²) in [6.45, 7) is -3.65. The largest absolute Gasteiger partial charge is 0.490 e. The minimum absolute atomic E-state index is 0.465. The molecule has 180 valence electrons. The highest BCUT2D eigenvalue weighted by Gasteiger charge is 2.55. The molecule has 0 spiro atoms. The summed E-state index contributed by atoms with van der Waals surface area (Å²) in [5.74, 6) is 2.05. The predicted molar refractivity (Wildman–Crippen MR) is 99.4 cm³/mol. The monoisotopic (exact) mass is 544 g/mol. The lowest BCUT2D eigenvalue weighted by molar-refractivity contribution is -0.0472. The van der Waals surface area contributed by atoms with Gasteiger partial charge >= 0.3 is 34.8 Å². The highest BCUT2D eigenvalue weighted by molar-refractivity contribution is 7.66. The number of nitrogens with two attached hydrogens (primary N) is 1. The van der Waals surface area contributed by atoms with E-state index in [9.17, 15) is 38.2 Å². The summed E-state index contributed by atoms with van der Waals surface area (Å²) in [6, 6.07) is 0. The molecule has 1 saturated heterocycles. The second-order valence-electron chi connectivity index (χ2n) is 5.69. The third-order valence-corrected chi connectivity index (χ3v) is 7.18. The van der Waals surface area contributed by atoms with E-state index in [1.54, 1.807) is 10.4 Å². The molecule has 22 heteroatoms. The lowest BCUT2D eigenvalue weighted by Gasteiger charge is -2.27. The quantitative estimate of drug-likeness (QED) is 0.131. The number of rotatable bonds is 8. The predicted octanol–water partition coefficient (Wildman–Crippen LogP) is -2.57. The topological polar surface area (TPSA) is 283 Å². The van der Waals surface area contributed by atoms with Crippen molar-refractivity contribution in [3.05, 3.63) is 27.3 Å². The molecule has 0 saturated carbocycles. The number of aromatic nitrogens is 3. The van der Waals surface area contributed by atoms with E-state index in [0.29, 0.717) is 10.9 Å². The maximum atomic E-state index is 12.1. The van der Waals surface area contributed by atoms with Gasteiger partial charge in [-0.2, -0.15) is 13.6 Å². The maximum absolute atomic E-state index is 12.1. The Balaban J connectivity index is 2.41. The van der Waals surface area contributed by atoms with Gasteiger partial charge in [0.1, 0.15) is 18.5 Å². The molecule has 0 aliphatic carbocycles. The third-order valence-electron chi connectivity index (χ3n) is 3.42. The van der Waals surface area contributed by atoms with E-state index in [-0.39, 0.29) is 0 Å². The van der Waals surface area contributed by atoms with Gasteiger partial charge in [-0.25, -0.2) is 23.3 Å². The number of nitrogens with one attached hydrogen (secondary N) is 1. The van der Waals surface area contributed by atoms with Gasteiger partial charge in [0.25, 0.3) is 0 Å². The molecule has 1 aromatic heterocycles. The number of nitrogens with zero attached hydrogens (tertiary/aromatic N) is 2. The molecule has 0 aromatic carbocycles. The Bertz CT molecular complexity index is 1270. The minimum Gasteiger partial charge on any atom is -0.387 e. The van der Waals surface area contributed by atoms with Gasteiger partial charge in [0, 0.05) is 5.38 Å². The van der Waals surface area contributed by atoms with Crippen LogP contribution in [0.4, 0.5) is 0 Å². The fourth-order valence-corrected chi connectivity index (χ4v) is 5.31. The molecule has 1 fully saturated rings. The van der Waals surface area contributed by atoms with Crippen LogP contribution in [0.25, 0.3) is 0 Å². The number of phosphoric acid groups is 3. The second kappa shape index (κ2) is 9.55. The molecule has 18 nitrogen and oxygen atoms in total. The number of H-pyrrole nitrogens is 1. The highest BCUT2D eigenvalue weighted by atomic mass is 35.5. The number of aliphatic hydroxyl groups is 1. The number of hydrogen-bond donors (Lipinski definition) is 7. The van der Waals surface area contributed by atoms with Crippen molar-refractivity contribution in [3.63, 3.8) is 0 Å². The van der Waals surface area contributed by atoms with Crippen LogP contribution < -0.4 is 17.1 Å². The van der Waals surface area contributed by atoms with Gasteiger partial charge in [0.05, 0.1) is 9.30 Å². The van der Waals surface area contributed by atoms with Crippen molar-refractivity contribution in [1.82, 2.24) is 14.5 Å². The molecule has 0 amide bonds. The van der Waals surface area contributed by atoms with Crippen molar-refractivity contribution >= 4 is 35.1 Å². The standard InChI is InChI=1S/C10H14ClN4O14P3/c11-2-1-10(12)6(16)5(27-7(10)15-4-13-8(17)14-9(15)18)3-26-31(22,23)29-32(24,25)28-30(19,20)21/h4-7,16H,3,12H2,(H,22,23)(H,24,25)(H,14,17,18)(H2,19,20,21)/t5-,6+,7-,10?/m1/s1/i3D2. The number of aliphatic hydroxyl groups excluding tert-OH is 1. The van der Waals surface area contributed by atoms with Crippen LogP contribution in [0.15, 0.2) is 15.9 Å². The van der Waals surface area contributed by atoms with Gasteiger partial charge in [0.15, 0.2) is 11.8 Å². The second-order valence-corrected chi connectivity index (χ2v) is 10.2. The van der Waals surface area contributed by atoms with Crippen molar-refractivity contribution in [3.8, 4) is 11.3 Å². The van der Waals surface area contributed by atoms with Crippen LogP contribution in [0.1, 0.15) is 8.97 Å². The summed E-state index contributed by atoms with van der Waals surface area (Å²) in [7, 11) is -17.8. The summed E-state index contributed by atoms with van der Waals surface area (Å²) in [4.78, 5) is 64.0. The van der Waals surface area contributed by atoms with Crippen molar-refractivity contribution < 1.29 is 59.0 Å². The van der Waals surface area contributed by atoms with E-state index in [1.165, 1.54) is 0 Å². The molecule has 0 radical (unpaired) electrons. The van der Waals surface area contributed by atoms with E-state index >= 15 is 0 Å². The van der Waals surface area contributed by atoms with E-state index in [0.717, 1.165) is 0 Å². The van der Waals surface area contributed by atoms with Crippen LogP contribution in [0.3, 0.4) is 0 Å². The Kier molecular flexibility index (Phi) is 7.13. The molecule has 1 aromatic rings. The molecule has 2 rings (SSSR count). The van der Waals surface area contributed by atoms with Crippen LogP contribution in [0, 0.1) is 11.3 Å². The zero-order valence-corrected chi connectivity index (χ0v) is 18.4. The van der Waals surface area contributed by atoms with Crippen LogP contribution in [0.5, 0.6) is 0 Å². The molecular formula is C10H14ClN4O14P3. The Hall–Kier alpha value is -1.25. The fourth-order valence-electron chi connectivity index (χ4n) is 2.27. The molecule has 1 aliphatic rings. The normalized spacial score (nSPS) is 30.9. The lowest BCUT2D eigenvalue weighted by Crippen LogP contribution is -2.55. The number of aromatic amines is 1. The molecule has 3 unspecified atom stereocenters. The molecule has 32 heavy (non-hydrogen) atoms. The van der Waals surface area contributed by atoms with Gasteiger partial charge in [-0.05, 0) is 11.6 Å². The number of halogens is 1. The van der Waals surface area contributed by atoms with Crippen molar-refractivity contribution in [2.45, 2.75) is 24.0 Å².